The van der Waals surface area contributed by atoms with Crippen molar-refractivity contribution in [1.82, 2.24) is 5.32 Å². The Kier molecular flexibility index (Phi) is 6.98. The Labute approximate surface area is 196 Å². The predicted molar refractivity (Wildman–Crippen MR) is 126 cm³/mol. The van der Waals surface area contributed by atoms with Crippen LogP contribution >= 0.6 is 23.2 Å². The Morgan fingerprint density at radius 1 is 0.969 bits per heavy atom. The first-order valence-corrected chi connectivity index (χ1v) is 11.0. The zero-order chi connectivity index (χ0) is 22.5. The molecule has 0 aromatic heterocycles. The third kappa shape index (κ3) is 5.42. The number of amides is 2. The van der Waals surface area contributed by atoms with E-state index in [0.717, 1.165) is 16.8 Å². The van der Waals surface area contributed by atoms with E-state index in [1.165, 1.54) is 0 Å². The minimum absolute atomic E-state index is 0.0608. The van der Waals surface area contributed by atoms with Crippen LogP contribution in [0, 0.1) is 5.92 Å². The molecule has 1 fully saturated rings. The fourth-order valence-electron chi connectivity index (χ4n) is 3.58. The number of nitrogens with one attached hydrogen (secondary N) is 1. The summed E-state index contributed by atoms with van der Waals surface area (Å²) in [5.74, 6) is 0.140. The molecule has 0 radical (unpaired) electrons. The summed E-state index contributed by atoms with van der Waals surface area (Å²) in [5, 5.41) is 3.91. The summed E-state index contributed by atoms with van der Waals surface area (Å²) in [6.45, 7) is 1.17. The van der Waals surface area contributed by atoms with E-state index in [2.05, 4.69) is 5.32 Å². The van der Waals surface area contributed by atoms with Gasteiger partial charge in [-0.3, -0.25) is 9.59 Å². The van der Waals surface area contributed by atoms with E-state index in [-0.39, 0.29) is 24.2 Å². The van der Waals surface area contributed by atoms with E-state index in [4.69, 9.17) is 27.9 Å². The number of nitrogens with zero attached hydrogens (tertiary/aromatic N) is 1. The molecule has 3 aromatic rings. The highest BCUT2D eigenvalue weighted by atomic mass is 35.5. The second-order valence-corrected chi connectivity index (χ2v) is 8.45. The largest absolute Gasteiger partial charge is 0.489 e. The Bertz CT molecular complexity index is 1100. The molecule has 5 nitrogen and oxygen atoms in total. The van der Waals surface area contributed by atoms with E-state index < -0.39 is 0 Å². The van der Waals surface area contributed by atoms with Gasteiger partial charge in [0, 0.05) is 25.2 Å². The number of hydrogen-bond donors (Lipinski definition) is 1. The number of carbonyl (C=O) groups is 2. The summed E-state index contributed by atoms with van der Waals surface area (Å²) in [6, 6.07) is 22.3. The fourth-order valence-corrected chi connectivity index (χ4v) is 3.90. The van der Waals surface area contributed by atoms with Gasteiger partial charge in [-0.1, -0.05) is 59.6 Å². The number of benzene rings is 3. The molecule has 0 aliphatic carbocycles. The topological polar surface area (TPSA) is 58.6 Å². The maximum atomic E-state index is 12.5. The molecular formula is C25H22Cl2N2O3. The van der Waals surface area contributed by atoms with E-state index in [1.807, 2.05) is 60.7 Å². The fraction of sp³-hybridized carbons (Fsp3) is 0.200. The minimum Gasteiger partial charge on any atom is -0.489 e. The van der Waals surface area contributed by atoms with Crippen LogP contribution in [0.3, 0.4) is 0 Å². The number of rotatable bonds is 7. The summed E-state index contributed by atoms with van der Waals surface area (Å²) in [4.78, 5) is 26.7. The molecule has 0 bridgehead atoms. The number of halogens is 2. The molecule has 7 heteroatoms. The first kappa shape index (κ1) is 22.2. The molecule has 1 unspecified atom stereocenters. The smallest absolute Gasteiger partial charge is 0.227 e. The number of ether oxygens (including phenoxy) is 1. The van der Waals surface area contributed by atoms with Crippen LogP contribution in [0.15, 0.2) is 72.8 Å². The van der Waals surface area contributed by atoms with Gasteiger partial charge in [0.2, 0.25) is 11.8 Å². The third-order valence-electron chi connectivity index (χ3n) is 5.34. The normalized spacial score (nSPS) is 15.6. The zero-order valence-corrected chi connectivity index (χ0v) is 18.8. The molecule has 1 aliphatic rings. The quantitative estimate of drug-likeness (QED) is 0.515. The van der Waals surface area contributed by atoms with Crippen LogP contribution in [0.25, 0.3) is 0 Å². The van der Waals surface area contributed by atoms with Crippen molar-refractivity contribution in [2.45, 2.75) is 19.6 Å². The zero-order valence-electron chi connectivity index (χ0n) is 17.3. The Morgan fingerprint density at radius 2 is 1.72 bits per heavy atom. The van der Waals surface area contributed by atoms with Crippen molar-refractivity contribution >= 4 is 40.7 Å². The molecule has 0 spiro atoms. The Morgan fingerprint density at radius 3 is 2.44 bits per heavy atom. The lowest BCUT2D eigenvalue weighted by atomic mass is 10.1. The van der Waals surface area contributed by atoms with Crippen LogP contribution in [0.2, 0.25) is 10.0 Å². The monoisotopic (exact) mass is 468 g/mol. The molecule has 1 atom stereocenters. The van der Waals surface area contributed by atoms with Gasteiger partial charge < -0.3 is 15.0 Å². The third-order valence-corrected chi connectivity index (χ3v) is 6.08. The highest BCUT2D eigenvalue weighted by Gasteiger charge is 2.35. The maximum absolute atomic E-state index is 12.5. The van der Waals surface area contributed by atoms with Crippen molar-refractivity contribution in [3.8, 4) is 5.75 Å². The van der Waals surface area contributed by atoms with Crippen molar-refractivity contribution < 1.29 is 14.3 Å². The molecule has 1 N–H and O–H groups in total. The molecule has 2 amide bonds. The molecule has 3 aromatic carbocycles. The van der Waals surface area contributed by atoms with Crippen molar-refractivity contribution in [3.05, 3.63) is 94.0 Å². The molecular weight excluding hydrogens is 447 g/mol. The molecule has 1 aliphatic heterocycles. The predicted octanol–water partition coefficient (Wildman–Crippen LogP) is 5.24. The maximum Gasteiger partial charge on any atom is 0.227 e. The van der Waals surface area contributed by atoms with E-state index in [9.17, 15) is 9.59 Å². The highest BCUT2D eigenvalue weighted by Crippen LogP contribution is 2.28. The summed E-state index contributed by atoms with van der Waals surface area (Å²) < 4.78 is 5.80. The van der Waals surface area contributed by atoms with Crippen molar-refractivity contribution in [1.29, 1.82) is 0 Å². The van der Waals surface area contributed by atoms with Crippen molar-refractivity contribution in [2.75, 3.05) is 11.4 Å². The second-order valence-electron chi connectivity index (χ2n) is 7.64. The minimum atomic E-state index is -0.364. The lowest BCUT2D eigenvalue weighted by molar-refractivity contribution is -0.126. The van der Waals surface area contributed by atoms with Gasteiger partial charge in [-0.2, -0.15) is 0 Å². The van der Waals surface area contributed by atoms with Crippen LogP contribution in [0.1, 0.15) is 17.5 Å². The van der Waals surface area contributed by atoms with Crippen molar-refractivity contribution in [2.24, 2.45) is 5.92 Å². The van der Waals surface area contributed by atoms with Crippen molar-refractivity contribution in [3.63, 3.8) is 0 Å². The molecule has 1 saturated heterocycles. The van der Waals surface area contributed by atoms with E-state index in [1.54, 1.807) is 17.0 Å². The van der Waals surface area contributed by atoms with Gasteiger partial charge in [0.15, 0.2) is 0 Å². The molecule has 164 valence electrons. The Hall–Kier alpha value is -3.02. The van der Waals surface area contributed by atoms with Crippen LogP contribution in [-0.2, 0) is 22.7 Å². The summed E-state index contributed by atoms with van der Waals surface area (Å²) in [7, 11) is 0. The van der Waals surface area contributed by atoms with E-state index in [0.29, 0.717) is 35.5 Å². The lowest BCUT2D eigenvalue weighted by Crippen LogP contribution is -2.32. The standard InChI is InChI=1S/C25H22Cl2N2O3/c26-22-11-6-18(12-23(22)27)16-32-21-9-7-20(8-10-21)29-15-19(13-24(29)30)25(31)28-14-17-4-2-1-3-5-17/h1-12,19H,13-16H2,(H,28,31). The summed E-state index contributed by atoms with van der Waals surface area (Å²) in [5.41, 5.74) is 2.68. The average molecular weight is 469 g/mol. The summed E-state index contributed by atoms with van der Waals surface area (Å²) in [6.07, 6.45) is 0.205. The van der Waals surface area contributed by atoms with Gasteiger partial charge in [-0.05, 0) is 47.5 Å². The van der Waals surface area contributed by atoms with Gasteiger partial charge in [-0.15, -0.1) is 0 Å². The van der Waals surface area contributed by atoms with Crippen LogP contribution in [-0.4, -0.2) is 18.4 Å². The van der Waals surface area contributed by atoms with E-state index >= 15 is 0 Å². The average Bonchev–Trinajstić information content (AvgIpc) is 3.21. The van der Waals surface area contributed by atoms with Crippen LogP contribution in [0.4, 0.5) is 5.69 Å². The SMILES string of the molecule is O=C(NCc1ccccc1)C1CC(=O)N(c2ccc(OCc3ccc(Cl)c(Cl)c3)cc2)C1. The molecule has 4 rings (SSSR count). The summed E-state index contributed by atoms with van der Waals surface area (Å²) >= 11 is 12.0. The Balaban J connectivity index is 1.31. The van der Waals surface area contributed by atoms with Gasteiger partial charge in [0.1, 0.15) is 12.4 Å². The molecule has 32 heavy (non-hydrogen) atoms. The van der Waals surface area contributed by atoms with Gasteiger partial charge in [0.25, 0.3) is 0 Å². The molecule has 0 saturated carbocycles. The van der Waals surface area contributed by atoms with Gasteiger partial charge in [0.05, 0.1) is 16.0 Å². The van der Waals surface area contributed by atoms with Crippen LogP contribution in [0.5, 0.6) is 5.75 Å². The van der Waals surface area contributed by atoms with Gasteiger partial charge >= 0.3 is 0 Å². The molecule has 1 heterocycles. The number of hydrogen-bond acceptors (Lipinski definition) is 3. The number of anilines is 1. The first-order valence-electron chi connectivity index (χ1n) is 10.3. The number of carbonyl (C=O) groups excluding carboxylic acids is 2. The second kappa shape index (κ2) is 10.1. The highest BCUT2D eigenvalue weighted by molar-refractivity contribution is 6.42. The van der Waals surface area contributed by atoms with Gasteiger partial charge in [-0.25, -0.2) is 0 Å². The van der Waals surface area contributed by atoms with Crippen LogP contribution < -0.4 is 15.0 Å². The lowest BCUT2D eigenvalue weighted by Gasteiger charge is -2.17. The first-order chi connectivity index (χ1) is 15.5.